The number of ether oxygens (including phenoxy) is 2. The predicted molar refractivity (Wildman–Crippen MR) is 130 cm³/mol. The molecule has 2 atom stereocenters. The van der Waals surface area contributed by atoms with Crippen LogP contribution >= 0.6 is 0 Å². The molecular weight excluding hydrogens is 424 g/mol. The van der Waals surface area contributed by atoms with Crippen LogP contribution in [0.25, 0.3) is 0 Å². The molecule has 0 N–H and O–H groups in total. The van der Waals surface area contributed by atoms with E-state index in [1.165, 1.54) is 11.1 Å². The number of esters is 2. The summed E-state index contributed by atoms with van der Waals surface area (Å²) < 4.78 is 10.8. The normalized spacial score (nSPS) is 16.8. The first-order valence-corrected chi connectivity index (χ1v) is 11.4. The Morgan fingerprint density at radius 1 is 0.500 bits per heavy atom. The van der Waals surface area contributed by atoms with Gasteiger partial charge in [-0.05, 0) is 84.3 Å². The average Bonchev–Trinajstić information content (AvgIpc) is 2.85. The summed E-state index contributed by atoms with van der Waals surface area (Å²) in [5.41, 5.74) is 3.48. The summed E-state index contributed by atoms with van der Waals surface area (Å²) in [7, 11) is 0. The van der Waals surface area contributed by atoms with E-state index in [2.05, 4.69) is 0 Å². The van der Waals surface area contributed by atoms with Crippen LogP contribution in [0, 0.1) is 0 Å². The van der Waals surface area contributed by atoms with E-state index in [1.54, 1.807) is 24.3 Å². The van der Waals surface area contributed by atoms with Gasteiger partial charge in [0.1, 0.15) is 11.5 Å². The summed E-state index contributed by atoms with van der Waals surface area (Å²) >= 11 is 0. The van der Waals surface area contributed by atoms with Crippen LogP contribution in [0.15, 0.2) is 109 Å². The van der Waals surface area contributed by atoms with Gasteiger partial charge in [0.15, 0.2) is 0 Å². The molecule has 1 aliphatic carbocycles. The van der Waals surface area contributed by atoms with Crippen LogP contribution in [0.4, 0.5) is 0 Å². The van der Waals surface area contributed by atoms with E-state index >= 15 is 0 Å². The van der Waals surface area contributed by atoms with E-state index in [1.807, 2.05) is 84.9 Å². The molecule has 4 nitrogen and oxygen atoms in total. The number of hydrogen-bond donors (Lipinski definition) is 0. The minimum absolute atomic E-state index is 0.360. The maximum Gasteiger partial charge on any atom is 0.343 e. The van der Waals surface area contributed by atoms with Crippen molar-refractivity contribution in [1.29, 1.82) is 0 Å². The van der Waals surface area contributed by atoms with E-state index in [4.69, 9.17) is 9.47 Å². The highest BCUT2D eigenvalue weighted by atomic mass is 16.5. The van der Waals surface area contributed by atoms with Crippen LogP contribution in [-0.2, 0) is 0 Å². The SMILES string of the molecule is O=C(Oc1ccccc1)c1ccc([C@H]2CC[C@@H]2c2ccc(C(=O)Oc3ccccc3)cc2)cc1. The summed E-state index contributed by atoms with van der Waals surface area (Å²) in [6.45, 7) is 0. The molecule has 0 amide bonds. The molecule has 1 fully saturated rings. The lowest BCUT2D eigenvalue weighted by molar-refractivity contribution is 0.0725. The van der Waals surface area contributed by atoms with Crippen molar-refractivity contribution in [3.05, 3.63) is 131 Å². The highest BCUT2D eigenvalue weighted by molar-refractivity contribution is 5.91. The Morgan fingerprint density at radius 2 is 0.853 bits per heavy atom. The van der Waals surface area contributed by atoms with Crippen LogP contribution < -0.4 is 9.47 Å². The van der Waals surface area contributed by atoms with Gasteiger partial charge < -0.3 is 9.47 Å². The van der Waals surface area contributed by atoms with Crippen LogP contribution in [0.5, 0.6) is 11.5 Å². The molecule has 4 aromatic rings. The van der Waals surface area contributed by atoms with Gasteiger partial charge >= 0.3 is 11.9 Å². The second-order valence-corrected chi connectivity index (χ2v) is 8.44. The first-order valence-electron chi connectivity index (χ1n) is 11.4. The number of carbonyl (C=O) groups excluding carboxylic acids is 2. The Bertz CT molecular complexity index is 1160. The Labute approximate surface area is 198 Å². The largest absolute Gasteiger partial charge is 0.423 e. The maximum absolute atomic E-state index is 12.4. The number of carbonyl (C=O) groups is 2. The summed E-state index contributed by atoms with van der Waals surface area (Å²) in [6.07, 6.45) is 2.19. The second-order valence-electron chi connectivity index (χ2n) is 8.44. The van der Waals surface area contributed by atoms with E-state index in [0.29, 0.717) is 34.5 Å². The Kier molecular flexibility index (Phi) is 6.21. The van der Waals surface area contributed by atoms with Gasteiger partial charge in [0.2, 0.25) is 0 Å². The van der Waals surface area contributed by atoms with Crippen LogP contribution in [-0.4, -0.2) is 11.9 Å². The smallest absolute Gasteiger partial charge is 0.343 e. The molecule has 0 unspecified atom stereocenters. The Morgan fingerprint density at radius 3 is 1.18 bits per heavy atom. The quantitative estimate of drug-likeness (QED) is 0.241. The van der Waals surface area contributed by atoms with Gasteiger partial charge in [0.05, 0.1) is 11.1 Å². The third-order valence-electron chi connectivity index (χ3n) is 6.33. The monoisotopic (exact) mass is 448 g/mol. The van der Waals surface area contributed by atoms with Crippen molar-refractivity contribution in [2.45, 2.75) is 24.7 Å². The number of para-hydroxylation sites is 2. The van der Waals surface area contributed by atoms with E-state index in [0.717, 1.165) is 12.8 Å². The number of hydrogen-bond acceptors (Lipinski definition) is 4. The molecule has 0 bridgehead atoms. The molecule has 0 saturated heterocycles. The lowest BCUT2D eigenvalue weighted by atomic mass is 9.67. The molecule has 4 heteroatoms. The average molecular weight is 449 g/mol. The summed E-state index contributed by atoms with van der Waals surface area (Å²) in [5, 5.41) is 0. The molecular formula is C30H24O4. The van der Waals surface area contributed by atoms with Gasteiger partial charge in [-0.3, -0.25) is 0 Å². The number of benzene rings is 4. The van der Waals surface area contributed by atoms with E-state index in [-0.39, 0.29) is 11.9 Å². The molecule has 0 radical (unpaired) electrons. The van der Waals surface area contributed by atoms with Crippen molar-refractivity contribution in [2.24, 2.45) is 0 Å². The molecule has 34 heavy (non-hydrogen) atoms. The first-order chi connectivity index (χ1) is 16.7. The predicted octanol–water partition coefficient (Wildman–Crippen LogP) is 6.79. The van der Waals surface area contributed by atoms with Crippen molar-refractivity contribution in [3.8, 4) is 11.5 Å². The molecule has 168 valence electrons. The van der Waals surface area contributed by atoms with Gasteiger partial charge in [-0.25, -0.2) is 9.59 Å². The Hall–Kier alpha value is -4.18. The molecule has 0 heterocycles. The molecule has 1 aliphatic rings. The fourth-order valence-corrected chi connectivity index (χ4v) is 4.34. The van der Waals surface area contributed by atoms with Crippen LogP contribution in [0.3, 0.4) is 0 Å². The minimum Gasteiger partial charge on any atom is -0.423 e. The fraction of sp³-hybridized carbons (Fsp3) is 0.133. The van der Waals surface area contributed by atoms with Crippen molar-refractivity contribution >= 4 is 11.9 Å². The summed E-state index contributed by atoms with van der Waals surface area (Å²) in [6, 6.07) is 33.5. The lowest BCUT2D eigenvalue weighted by Crippen LogP contribution is -2.22. The van der Waals surface area contributed by atoms with Gasteiger partial charge in [0, 0.05) is 0 Å². The highest BCUT2D eigenvalue weighted by Crippen LogP contribution is 2.49. The molecule has 4 aromatic carbocycles. The van der Waals surface area contributed by atoms with Crippen molar-refractivity contribution < 1.29 is 19.1 Å². The molecule has 5 rings (SSSR count). The third kappa shape index (κ3) is 4.76. The molecule has 0 aliphatic heterocycles. The zero-order valence-corrected chi connectivity index (χ0v) is 18.6. The first kappa shape index (κ1) is 21.7. The molecule has 0 spiro atoms. The topological polar surface area (TPSA) is 52.6 Å². The van der Waals surface area contributed by atoms with Gasteiger partial charge in [-0.1, -0.05) is 60.7 Å². The van der Waals surface area contributed by atoms with Crippen LogP contribution in [0.2, 0.25) is 0 Å². The minimum atomic E-state index is -0.360. The maximum atomic E-state index is 12.4. The third-order valence-corrected chi connectivity index (χ3v) is 6.33. The highest BCUT2D eigenvalue weighted by Gasteiger charge is 2.33. The van der Waals surface area contributed by atoms with Crippen molar-refractivity contribution in [2.75, 3.05) is 0 Å². The lowest BCUT2D eigenvalue weighted by Gasteiger charge is -2.37. The van der Waals surface area contributed by atoms with Gasteiger partial charge in [-0.2, -0.15) is 0 Å². The zero-order chi connectivity index (χ0) is 23.3. The summed E-state index contributed by atoms with van der Waals surface area (Å²) in [4.78, 5) is 24.8. The fourth-order valence-electron chi connectivity index (χ4n) is 4.34. The molecule has 0 aromatic heterocycles. The molecule has 1 saturated carbocycles. The van der Waals surface area contributed by atoms with Gasteiger partial charge in [-0.15, -0.1) is 0 Å². The van der Waals surface area contributed by atoms with Crippen molar-refractivity contribution in [3.63, 3.8) is 0 Å². The zero-order valence-electron chi connectivity index (χ0n) is 18.6. The summed E-state index contributed by atoms with van der Waals surface area (Å²) in [5.74, 6) is 1.13. The van der Waals surface area contributed by atoms with Crippen molar-refractivity contribution in [1.82, 2.24) is 0 Å². The number of rotatable bonds is 6. The van der Waals surface area contributed by atoms with Gasteiger partial charge in [0.25, 0.3) is 0 Å². The second kappa shape index (κ2) is 9.75. The van der Waals surface area contributed by atoms with Crippen LogP contribution in [0.1, 0.15) is 56.5 Å². The van der Waals surface area contributed by atoms with E-state index in [9.17, 15) is 9.59 Å². The van der Waals surface area contributed by atoms with E-state index < -0.39 is 0 Å². The Balaban J connectivity index is 1.22. The standard InChI is InChI=1S/C30H24O4/c31-29(33-25-7-3-1-4-8-25)23-15-11-21(12-16-23)27-19-20-28(27)22-13-17-24(18-14-22)30(32)34-26-9-5-2-6-10-26/h1-18,27-28H,19-20H2/t27-,28-/m1/s1.